The minimum Gasteiger partial charge on any atom is -0.355 e. The van der Waals surface area contributed by atoms with Crippen LogP contribution in [0.3, 0.4) is 0 Å². The van der Waals surface area contributed by atoms with Crippen LogP contribution in [-0.4, -0.2) is 39.7 Å². The molecule has 0 spiro atoms. The van der Waals surface area contributed by atoms with Gasteiger partial charge in [0.1, 0.15) is 0 Å². The molecular weight excluding hydrogens is 230 g/mol. The van der Waals surface area contributed by atoms with E-state index in [2.05, 4.69) is 10.0 Å². The Labute approximate surface area is 96.0 Å². The fourth-order valence-corrected chi connectivity index (χ4v) is 1.89. The van der Waals surface area contributed by atoms with Gasteiger partial charge in [-0.25, -0.2) is 13.1 Å². The average molecular weight is 249 g/mol. The minimum absolute atomic E-state index is 0.0529. The number of sulfonamides is 1. The van der Waals surface area contributed by atoms with Crippen molar-refractivity contribution in [3.63, 3.8) is 0 Å². The molecule has 0 heterocycles. The van der Waals surface area contributed by atoms with Gasteiger partial charge in [0, 0.05) is 25.6 Å². The Hall–Kier alpha value is -0.660. The molecule has 1 rings (SSSR count). The van der Waals surface area contributed by atoms with Crippen molar-refractivity contribution in [1.82, 2.24) is 10.0 Å². The molecule has 4 N–H and O–H groups in total. The van der Waals surface area contributed by atoms with Gasteiger partial charge in [0.25, 0.3) is 0 Å². The summed E-state index contributed by atoms with van der Waals surface area (Å²) < 4.78 is 23.7. The number of hydrogen-bond acceptors (Lipinski definition) is 4. The first-order valence-corrected chi connectivity index (χ1v) is 7.24. The van der Waals surface area contributed by atoms with Gasteiger partial charge in [0.2, 0.25) is 15.9 Å². The van der Waals surface area contributed by atoms with E-state index in [4.69, 9.17) is 5.73 Å². The zero-order valence-corrected chi connectivity index (χ0v) is 10.2. The Morgan fingerprint density at radius 1 is 1.44 bits per heavy atom. The summed E-state index contributed by atoms with van der Waals surface area (Å²) in [5.74, 6) is 0.384. The first-order chi connectivity index (χ1) is 7.38. The van der Waals surface area contributed by atoms with Crippen LogP contribution in [-0.2, 0) is 14.8 Å². The van der Waals surface area contributed by atoms with Crippen molar-refractivity contribution in [1.29, 1.82) is 0 Å². The van der Waals surface area contributed by atoms with Crippen molar-refractivity contribution in [3.8, 4) is 0 Å². The second kappa shape index (κ2) is 5.60. The highest BCUT2D eigenvalue weighted by molar-refractivity contribution is 7.88. The number of carbonyl (C=O) groups is 1. The van der Waals surface area contributed by atoms with E-state index in [1.165, 1.54) is 0 Å². The fourth-order valence-electron chi connectivity index (χ4n) is 1.42. The Balaban J connectivity index is 2.06. The SMILES string of the molecule is CS(=O)(=O)NCCNC(=O)CC(N)C1CC1. The third kappa shape index (κ3) is 6.04. The molecule has 6 nitrogen and oxygen atoms in total. The maximum absolute atomic E-state index is 11.3. The molecule has 94 valence electrons. The molecule has 1 saturated carbocycles. The molecular formula is C9H19N3O3S. The Kier molecular flexibility index (Phi) is 4.69. The second-order valence-corrected chi connectivity index (χ2v) is 6.05. The molecule has 0 bridgehead atoms. The molecule has 0 saturated heterocycles. The van der Waals surface area contributed by atoms with Gasteiger partial charge < -0.3 is 11.1 Å². The van der Waals surface area contributed by atoms with Crippen LogP contribution < -0.4 is 15.8 Å². The van der Waals surface area contributed by atoms with E-state index >= 15 is 0 Å². The Morgan fingerprint density at radius 3 is 2.56 bits per heavy atom. The Bertz CT molecular complexity index is 338. The van der Waals surface area contributed by atoms with E-state index in [1.54, 1.807) is 0 Å². The van der Waals surface area contributed by atoms with Crippen LogP contribution >= 0.6 is 0 Å². The molecule has 0 aromatic heterocycles. The van der Waals surface area contributed by atoms with Crippen molar-refractivity contribution in [2.24, 2.45) is 11.7 Å². The maximum atomic E-state index is 11.3. The molecule has 1 atom stereocenters. The second-order valence-electron chi connectivity index (χ2n) is 4.22. The lowest BCUT2D eigenvalue weighted by Crippen LogP contribution is -2.37. The van der Waals surface area contributed by atoms with E-state index in [1.807, 2.05) is 0 Å². The van der Waals surface area contributed by atoms with Crippen molar-refractivity contribution < 1.29 is 13.2 Å². The average Bonchev–Trinajstić information content (AvgIpc) is 2.93. The summed E-state index contributed by atoms with van der Waals surface area (Å²) in [7, 11) is -3.17. The third-order valence-electron chi connectivity index (χ3n) is 2.46. The number of rotatable bonds is 7. The highest BCUT2D eigenvalue weighted by Crippen LogP contribution is 2.32. The summed E-state index contributed by atoms with van der Waals surface area (Å²) in [6, 6.07) is -0.0529. The summed E-state index contributed by atoms with van der Waals surface area (Å²) in [6.45, 7) is 0.506. The topological polar surface area (TPSA) is 101 Å². The van der Waals surface area contributed by atoms with Gasteiger partial charge in [0.05, 0.1) is 6.26 Å². The predicted octanol–water partition coefficient (Wildman–Crippen LogP) is -1.22. The van der Waals surface area contributed by atoms with Gasteiger partial charge in [-0.05, 0) is 18.8 Å². The van der Waals surface area contributed by atoms with Crippen LogP contribution in [0.4, 0.5) is 0 Å². The third-order valence-corrected chi connectivity index (χ3v) is 3.19. The number of nitrogens with one attached hydrogen (secondary N) is 2. The van der Waals surface area contributed by atoms with Crippen LogP contribution in [0.2, 0.25) is 0 Å². The lowest BCUT2D eigenvalue weighted by molar-refractivity contribution is -0.121. The molecule has 0 radical (unpaired) electrons. The number of hydrogen-bond donors (Lipinski definition) is 3. The molecule has 1 aliphatic rings. The van der Waals surface area contributed by atoms with E-state index in [9.17, 15) is 13.2 Å². The smallest absolute Gasteiger partial charge is 0.221 e. The quantitative estimate of drug-likeness (QED) is 0.492. The van der Waals surface area contributed by atoms with Crippen molar-refractivity contribution in [2.45, 2.75) is 25.3 Å². The van der Waals surface area contributed by atoms with Gasteiger partial charge in [0.15, 0.2) is 0 Å². The maximum Gasteiger partial charge on any atom is 0.221 e. The normalized spacial score (nSPS) is 18.1. The van der Waals surface area contributed by atoms with E-state index < -0.39 is 10.0 Å². The molecule has 16 heavy (non-hydrogen) atoms. The zero-order valence-electron chi connectivity index (χ0n) is 9.40. The summed E-state index contributed by atoms with van der Waals surface area (Å²) >= 11 is 0. The molecule has 1 aliphatic carbocycles. The first kappa shape index (κ1) is 13.4. The van der Waals surface area contributed by atoms with Crippen molar-refractivity contribution in [2.75, 3.05) is 19.3 Å². The van der Waals surface area contributed by atoms with Gasteiger partial charge in [-0.1, -0.05) is 0 Å². The van der Waals surface area contributed by atoms with Gasteiger partial charge in [-0.15, -0.1) is 0 Å². The van der Waals surface area contributed by atoms with Crippen LogP contribution in [0, 0.1) is 5.92 Å². The highest BCUT2D eigenvalue weighted by Gasteiger charge is 2.29. The molecule has 1 unspecified atom stereocenters. The molecule has 1 amide bonds. The summed E-state index contributed by atoms with van der Waals surface area (Å²) in [6.07, 6.45) is 3.63. The van der Waals surface area contributed by atoms with Gasteiger partial charge in [-0.2, -0.15) is 0 Å². The van der Waals surface area contributed by atoms with Crippen LogP contribution in [0.1, 0.15) is 19.3 Å². The number of carbonyl (C=O) groups excluding carboxylic acids is 1. The van der Waals surface area contributed by atoms with E-state index in [-0.39, 0.29) is 18.5 Å². The Morgan fingerprint density at radius 2 is 2.06 bits per heavy atom. The van der Waals surface area contributed by atoms with E-state index in [0.29, 0.717) is 18.9 Å². The molecule has 7 heteroatoms. The fraction of sp³-hybridized carbons (Fsp3) is 0.889. The highest BCUT2D eigenvalue weighted by atomic mass is 32.2. The number of nitrogens with two attached hydrogens (primary N) is 1. The number of amides is 1. The van der Waals surface area contributed by atoms with Crippen molar-refractivity contribution >= 4 is 15.9 Å². The monoisotopic (exact) mass is 249 g/mol. The molecule has 0 aromatic carbocycles. The predicted molar refractivity (Wildman–Crippen MR) is 61.2 cm³/mol. The largest absolute Gasteiger partial charge is 0.355 e. The zero-order chi connectivity index (χ0) is 12.2. The molecule has 0 aromatic rings. The lowest BCUT2D eigenvalue weighted by atomic mass is 10.1. The summed E-state index contributed by atoms with van der Waals surface area (Å²) in [5, 5.41) is 2.62. The van der Waals surface area contributed by atoms with Crippen LogP contribution in [0.25, 0.3) is 0 Å². The van der Waals surface area contributed by atoms with Crippen LogP contribution in [0.5, 0.6) is 0 Å². The van der Waals surface area contributed by atoms with Crippen molar-refractivity contribution in [3.05, 3.63) is 0 Å². The van der Waals surface area contributed by atoms with Gasteiger partial charge >= 0.3 is 0 Å². The lowest BCUT2D eigenvalue weighted by Gasteiger charge is -2.10. The van der Waals surface area contributed by atoms with E-state index in [0.717, 1.165) is 19.1 Å². The van der Waals surface area contributed by atoms with Crippen LogP contribution in [0.15, 0.2) is 0 Å². The molecule has 1 fully saturated rings. The summed E-state index contributed by atoms with van der Waals surface area (Å²) in [5.41, 5.74) is 5.78. The summed E-state index contributed by atoms with van der Waals surface area (Å²) in [4.78, 5) is 11.3. The minimum atomic E-state index is -3.17. The molecule has 0 aliphatic heterocycles. The standard InChI is InChI=1S/C9H19N3O3S/c1-16(14,15)12-5-4-11-9(13)6-8(10)7-2-3-7/h7-8,12H,2-6,10H2,1H3,(H,11,13). The first-order valence-electron chi connectivity index (χ1n) is 5.35. The van der Waals surface area contributed by atoms with Gasteiger partial charge in [-0.3, -0.25) is 4.79 Å².